The molecule has 0 bridgehead atoms. The molecule has 114 valence electrons. The summed E-state index contributed by atoms with van der Waals surface area (Å²) in [5.74, 6) is -1.34. The second-order valence-corrected chi connectivity index (χ2v) is 5.54. The molecular weight excluding hydrogens is 270 g/mol. The Bertz CT molecular complexity index is 530. The van der Waals surface area contributed by atoms with Crippen LogP contribution in [0.3, 0.4) is 0 Å². The molecule has 0 spiro atoms. The first kappa shape index (κ1) is 15.5. The van der Waals surface area contributed by atoms with Crippen molar-refractivity contribution in [1.29, 1.82) is 0 Å². The Morgan fingerprint density at radius 3 is 2.33 bits per heavy atom. The number of rotatable bonds is 3. The number of methoxy groups -OCH3 is 2. The second-order valence-electron chi connectivity index (χ2n) is 5.54. The Labute approximate surface area is 124 Å². The van der Waals surface area contributed by atoms with Crippen molar-refractivity contribution in [1.82, 2.24) is 4.90 Å². The summed E-state index contributed by atoms with van der Waals surface area (Å²) in [6.45, 7) is 2.28. The van der Waals surface area contributed by atoms with E-state index in [0.717, 1.165) is 5.56 Å². The minimum Gasteiger partial charge on any atom is -0.469 e. The Hall–Kier alpha value is -1.88. The van der Waals surface area contributed by atoms with Crippen molar-refractivity contribution in [2.45, 2.75) is 18.4 Å². The number of likely N-dealkylation sites (N-methyl/N-ethyl adjacent to an activating group) is 1. The predicted octanol–water partition coefficient (Wildman–Crippen LogP) is 1.44. The third-order valence-corrected chi connectivity index (χ3v) is 4.53. The van der Waals surface area contributed by atoms with E-state index in [1.165, 1.54) is 14.2 Å². The van der Waals surface area contributed by atoms with E-state index in [-0.39, 0.29) is 17.9 Å². The second kappa shape index (κ2) is 5.85. The van der Waals surface area contributed by atoms with Crippen LogP contribution in [0.1, 0.15) is 18.4 Å². The minimum absolute atomic E-state index is 0.302. The number of hydrogen-bond donors (Lipinski definition) is 0. The van der Waals surface area contributed by atoms with Gasteiger partial charge >= 0.3 is 11.9 Å². The van der Waals surface area contributed by atoms with Gasteiger partial charge in [0.25, 0.3) is 0 Å². The molecule has 0 N–H and O–H groups in total. The van der Waals surface area contributed by atoms with E-state index in [9.17, 15) is 9.59 Å². The van der Waals surface area contributed by atoms with Crippen molar-refractivity contribution in [3.05, 3.63) is 35.9 Å². The maximum Gasteiger partial charge on any atom is 0.326 e. The molecule has 1 aromatic carbocycles. The Morgan fingerprint density at radius 1 is 1.19 bits per heavy atom. The number of ether oxygens (including phenoxy) is 2. The van der Waals surface area contributed by atoms with Gasteiger partial charge < -0.3 is 9.47 Å². The Morgan fingerprint density at radius 2 is 1.81 bits per heavy atom. The molecule has 1 saturated heterocycles. The van der Waals surface area contributed by atoms with Crippen molar-refractivity contribution in [3.8, 4) is 0 Å². The van der Waals surface area contributed by atoms with E-state index in [1.54, 1.807) is 0 Å². The van der Waals surface area contributed by atoms with E-state index in [4.69, 9.17) is 9.47 Å². The lowest BCUT2D eigenvalue weighted by Crippen LogP contribution is -2.50. The summed E-state index contributed by atoms with van der Waals surface area (Å²) in [4.78, 5) is 26.4. The first-order chi connectivity index (χ1) is 9.96. The van der Waals surface area contributed by atoms with Crippen LogP contribution in [0.4, 0.5) is 0 Å². The van der Waals surface area contributed by atoms with Crippen molar-refractivity contribution >= 4 is 11.9 Å². The minimum atomic E-state index is -0.894. The summed E-state index contributed by atoms with van der Waals surface area (Å²) in [5.41, 5.74) is 0.0414. The first-order valence-electron chi connectivity index (χ1n) is 6.89. The monoisotopic (exact) mass is 291 g/mol. The molecule has 5 heteroatoms. The molecule has 0 radical (unpaired) electrons. The van der Waals surface area contributed by atoms with Crippen molar-refractivity contribution in [3.63, 3.8) is 0 Å². The van der Waals surface area contributed by atoms with Gasteiger partial charge in [-0.05, 0) is 19.5 Å². The van der Waals surface area contributed by atoms with Crippen LogP contribution < -0.4 is 0 Å². The van der Waals surface area contributed by atoms with Gasteiger partial charge in [-0.15, -0.1) is 0 Å². The number of carbonyl (C=O) groups is 2. The molecule has 1 aromatic rings. The normalized spacial score (nSPS) is 29.1. The standard InChI is InChI=1S/C16H21NO4/c1-16(15(19)21-4)13(11-8-6-5-7-9-11)12(10-17(16)2)14(18)20-3/h5-9,12-13H,10H2,1-4H3/t12-,13+,16-/m0/s1. The highest BCUT2D eigenvalue weighted by Gasteiger charge is 2.57. The zero-order valence-corrected chi connectivity index (χ0v) is 12.8. The quantitative estimate of drug-likeness (QED) is 0.789. The maximum absolute atomic E-state index is 12.4. The van der Waals surface area contributed by atoms with Crippen molar-refractivity contribution in [2.75, 3.05) is 27.8 Å². The number of hydrogen-bond acceptors (Lipinski definition) is 5. The van der Waals surface area contributed by atoms with Crippen molar-refractivity contribution < 1.29 is 19.1 Å². The molecule has 0 saturated carbocycles. The van der Waals surface area contributed by atoms with Crippen LogP contribution in [0.15, 0.2) is 30.3 Å². The lowest BCUT2D eigenvalue weighted by Gasteiger charge is -2.35. The van der Waals surface area contributed by atoms with E-state index in [2.05, 4.69) is 0 Å². The fourth-order valence-electron chi connectivity index (χ4n) is 3.29. The first-order valence-corrected chi connectivity index (χ1v) is 6.89. The smallest absolute Gasteiger partial charge is 0.326 e. The third kappa shape index (κ3) is 2.42. The molecule has 1 heterocycles. The van der Waals surface area contributed by atoms with E-state index >= 15 is 0 Å². The number of nitrogens with zero attached hydrogens (tertiary/aromatic N) is 1. The van der Waals surface area contributed by atoms with Gasteiger partial charge in [0.2, 0.25) is 0 Å². The molecular formula is C16H21NO4. The van der Waals surface area contributed by atoms with Gasteiger partial charge in [0, 0.05) is 12.5 Å². The SMILES string of the molecule is COC(=O)[C@H]1CN(C)[C@](C)(C(=O)OC)[C@@H]1c1ccccc1. The van der Waals surface area contributed by atoms with E-state index in [0.29, 0.717) is 6.54 Å². The van der Waals surface area contributed by atoms with Crippen LogP contribution in [-0.2, 0) is 19.1 Å². The van der Waals surface area contributed by atoms with Crippen LogP contribution in [-0.4, -0.2) is 50.2 Å². The molecule has 1 fully saturated rings. The van der Waals surface area contributed by atoms with Gasteiger partial charge in [0.15, 0.2) is 0 Å². The summed E-state index contributed by atoms with van der Waals surface area (Å²) < 4.78 is 9.91. The fraction of sp³-hybridized carbons (Fsp3) is 0.500. The highest BCUT2D eigenvalue weighted by molar-refractivity contribution is 5.86. The third-order valence-electron chi connectivity index (χ3n) is 4.53. The van der Waals surface area contributed by atoms with Gasteiger partial charge in [-0.2, -0.15) is 0 Å². The fourth-order valence-corrected chi connectivity index (χ4v) is 3.29. The number of carbonyl (C=O) groups excluding carboxylic acids is 2. The van der Waals surface area contributed by atoms with Gasteiger partial charge in [0.1, 0.15) is 5.54 Å². The summed E-state index contributed by atoms with van der Waals surface area (Å²) in [5, 5.41) is 0. The van der Waals surface area contributed by atoms with Crippen LogP contribution in [0, 0.1) is 5.92 Å². The lowest BCUT2D eigenvalue weighted by molar-refractivity contribution is -0.152. The van der Waals surface area contributed by atoms with Gasteiger partial charge in [-0.25, -0.2) is 0 Å². The summed E-state index contributed by atoms with van der Waals surface area (Å²) >= 11 is 0. The van der Waals surface area contributed by atoms with Crippen LogP contribution in [0.5, 0.6) is 0 Å². The molecule has 2 rings (SSSR count). The predicted molar refractivity (Wildman–Crippen MR) is 77.7 cm³/mol. The van der Waals surface area contributed by atoms with E-state index < -0.39 is 11.5 Å². The number of likely N-dealkylation sites (tertiary alicyclic amines) is 1. The zero-order chi connectivity index (χ0) is 15.6. The average molecular weight is 291 g/mol. The van der Waals surface area contributed by atoms with Gasteiger partial charge in [-0.3, -0.25) is 14.5 Å². The van der Waals surface area contributed by atoms with Crippen LogP contribution in [0.25, 0.3) is 0 Å². The molecule has 1 aliphatic heterocycles. The molecule has 5 nitrogen and oxygen atoms in total. The molecule has 0 aromatic heterocycles. The largest absolute Gasteiger partial charge is 0.469 e. The van der Waals surface area contributed by atoms with Gasteiger partial charge in [-0.1, -0.05) is 30.3 Å². The van der Waals surface area contributed by atoms with Crippen LogP contribution in [0.2, 0.25) is 0 Å². The van der Waals surface area contributed by atoms with E-state index in [1.807, 2.05) is 49.2 Å². The average Bonchev–Trinajstić information content (AvgIpc) is 2.79. The Balaban J connectivity index is 2.53. The van der Waals surface area contributed by atoms with Crippen LogP contribution >= 0.6 is 0 Å². The molecule has 0 amide bonds. The summed E-state index contributed by atoms with van der Waals surface area (Å²) in [6, 6.07) is 9.58. The lowest BCUT2D eigenvalue weighted by atomic mass is 9.76. The number of benzene rings is 1. The summed E-state index contributed by atoms with van der Waals surface area (Å²) in [6.07, 6.45) is 0. The molecule has 1 aliphatic rings. The molecule has 3 atom stereocenters. The molecule has 0 aliphatic carbocycles. The Kier molecular flexibility index (Phi) is 4.32. The molecule has 0 unspecified atom stereocenters. The molecule has 21 heavy (non-hydrogen) atoms. The van der Waals surface area contributed by atoms with Crippen molar-refractivity contribution in [2.24, 2.45) is 5.92 Å². The highest BCUT2D eigenvalue weighted by Crippen LogP contribution is 2.46. The summed E-state index contributed by atoms with van der Waals surface area (Å²) in [7, 11) is 4.57. The van der Waals surface area contributed by atoms with Gasteiger partial charge in [0.05, 0.1) is 20.1 Å². The zero-order valence-electron chi connectivity index (χ0n) is 12.8. The maximum atomic E-state index is 12.4. The number of esters is 2. The topological polar surface area (TPSA) is 55.8 Å². The highest BCUT2D eigenvalue weighted by atomic mass is 16.5.